The minimum absolute atomic E-state index is 0. The lowest BCUT2D eigenvalue weighted by Gasteiger charge is -2.22. The van der Waals surface area contributed by atoms with Crippen LogP contribution in [0.2, 0.25) is 5.02 Å². The second-order valence-electron chi connectivity index (χ2n) is 6.03. The predicted octanol–water partition coefficient (Wildman–Crippen LogP) is 4.09. The van der Waals surface area contributed by atoms with Crippen molar-refractivity contribution in [1.29, 1.82) is 0 Å². The number of halogens is 2. The van der Waals surface area contributed by atoms with Gasteiger partial charge in [-0.2, -0.15) is 0 Å². The third-order valence-electron chi connectivity index (χ3n) is 4.14. The van der Waals surface area contributed by atoms with Crippen molar-refractivity contribution in [2.24, 2.45) is 0 Å². The van der Waals surface area contributed by atoms with Gasteiger partial charge < -0.3 is 16.0 Å². The molecule has 1 unspecified atom stereocenters. The van der Waals surface area contributed by atoms with Gasteiger partial charge in [-0.05, 0) is 67.9 Å². The summed E-state index contributed by atoms with van der Waals surface area (Å²) in [6.07, 6.45) is 3.05. The lowest BCUT2D eigenvalue weighted by Crippen LogP contribution is -2.43. The van der Waals surface area contributed by atoms with Crippen LogP contribution in [0.4, 0.5) is 11.4 Å². The summed E-state index contributed by atoms with van der Waals surface area (Å²) in [7, 11) is 0. The molecular formula is C19H21Cl2N3O2. The second kappa shape index (κ2) is 9.57. The lowest BCUT2D eigenvalue weighted by molar-refractivity contribution is -0.118. The molecule has 1 saturated heterocycles. The Kier molecular flexibility index (Phi) is 7.45. The zero-order chi connectivity index (χ0) is 17.6. The number of rotatable bonds is 4. The van der Waals surface area contributed by atoms with Gasteiger partial charge in [-0.25, -0.2) is 0 Å². The molecule has 1 aliphatic rings. The van der Waals surface area contributed by atoms with Gasteiger partial charge in [0.1, 0.15) is 0 Å². The Bertz CT molecular complexity index is 742. The van der Waals surface area contributed by atoms with Crippen molar-refractivity contribution in [2.75, 3.05) is 17.2 Å². The van der Waals surface area contributed by atoms with E-state index in [-0.39, 0.29) is 30.3 Å². The van der Waals surface area contributed by atoms with Crippen molar-refractivity contribution >= 4 is 47.2 Å². The number of benzene rings is 2. The number of hydrogen-bond acceptors (Lipinski definition) is 3. The molecule has 3 N–H and O–H groups in total. The van der Waals surface area contributed by atoms with Crippen LogP contribution in [-0.2, 0) is 4.79 Å². The summed E-state index contributed by atoms with van der Waals surface area (Å²) in [6.45, 7) is 0.883. The van der Waals surface area contributed by atoms with Crippen LogP contribution in [0.1, 0.15) is 29.6 Å². The fourth-order valence-corrected chi connectivity index (χ4v) is 2.87. The first-order valence-electron chi connectivity index (χ1n) is 8.33. The van der Waals surface area contributed by atoms with E-state index in [2.05, 4.69) is 16.0 Å². The molecule has 1 heterocycles. The Morgan fingerprint density at radius 1 is 0.923 bits per heavy atom. The quantitative estimate of drug-likeness (QED) is 0.732. The van der Waals surface area contributed by atoms with E-state index in [0.29, 0.717) is 22.0 Å². The molecule has 2 amide bonds. The highest BCUT2D eigenvalue weighted by Gasteiger charge is 2.20. The highest BCUT2D eigenvalue weighted by atomic mass is 35.5. The summed E-state index contributed by atoms with van der Waals surface area (Å²) in [5.41, 5.74) is 1.90. The summed E-state index contributed by atoms with van der Waals surface area (Å²) >= 11 is 5.82. The number of anilines is 2. The fourth-order valence-electron chi connectivity index (χ4n) is 2.75. The number of carbonyl (C=O) groups excluding carboxylic acids is 2. The van der Waals surface area contributed by atoms with E-state index in [1.807, 2.05) is 0 Å². The molecule has 138 valence electrons. The number of carbonyl (C=O) groups is 2. The predicted molar refractivity (Wildman–Crippen MR) is 107 cm³/mol. The Labute approximate surface area is 163 Å². The standard InChI is InChI=1S/C19H20ClN3O2.ClH/c20-14-6-4-13(5-7-14)18(24)22-15-8-10-16(11-9-15)23-19(25)17-3-1-2-12-21-17;/h4-11,17,21H,1-3,12H2,(H,22,24)(H,23,25);1H. The zero-order valence-corrected chi connectivity index (χ0v) is 15.7. The molecule has 0 aromatic heterocycles. The molecule has 26 heavy (non-hydrogen) atoms. The van der Waals surface area contributed by atoms with Gasteiger partial charge in [0.15, 0.2) is 0 Å². The summed E-state index contributed by atoms with van der Waals surface area (Å²) in [5, 5.41) is 9.52. The van der Waals surface area contributed by atoms with Crippen molar-refractivity contribution < 1.29 is 9.59 Å². The third-order valence-corrected chi connectivity index (χ3v) is 4.40. The van der Waals surface area contributed by atoms with E-state index < -0.39 is 0 Å². The average Bonchev–Trinajstić information content (AvgIpc) is 2.64. The van der Waals surface area contributed by atoms with Crippen LogP contribution < -0.4 is 16.0 Å². The largest absolute Gasteiger partial charge is 0.325 e. The minimum atomic E-state index is -0.208. The van der Waals surface area contributed by atoms with Crippen LogP contribution in [0, 0.1) is 0 Å². The average molecular weight is 394 g/mol. The summed E-state index contributed by atoms with van der Waals surface area (Å²) in [6, 6.07) is 13.6. The normalized spacial score (nSPS) is 16.3. The topological polar surface area (TPSA) is 70.2 Å². The number of nitrogens with one attached hydrogen (secondary N) is 3. The highest BCUT2D eigenvalue weighted by molar-refractivity contribution is 6.30. The van der Waals surface area contributed by atoms with Crippen LogP contribution in [0.3, 0.4) is 0 Å². The SMILES string of the molecule is Cl.O=C(Nc1ccc(NC(=O)C2CCCCN2)cc1)c1ccc(Cl)cc1. The Morgan fingerprint density at radius 2 is 1.54 bits per heavy atom. The van der Waals surface area contributed by atoms with Gasteiger partial charge >= 0.3 is 0 Å². The maximum Gasteiger partial charge on any atom is 0.255 e. The molecule has 3 rings (SSSR count). The molecule has 2 aromatic carbocycles. The van der Waals surface area contributed by atoms with Gasteiger partial charge in [0.05, 0.1) is 6.04 Å². The van der Waals surface area contributed by atoms with Crippen LogP contribution in [0.15, 0.2) is 48.5 Å². The van der Waals surface area contributed by atoms with Gasteiger partial charge in [-0.15, -0.1) is 12.4 Å². The maximum atomic E-state index is 12.2. The molecule has 7 heteroatoms. The van der Waals surface area contributed by atoms with E-state index >= 15 is 0 Å². The molecular weight excluding hydrogens is 373 g/mol. The second-order valence-corrected chi connectivity index (χ2v) is 6.47. The van der Waals surface area contributed by atoms with Crippen molar-refractivity contribution in [3.63, 3.8) is 0 Å². The summed E-state index contributed by atoms with van der Waals surface area (Å²) in [5.74, 6) is -0.225. The highest BCUT2D eigenvalue weighted by Crippen LogP contribution is 2.17. The number of piperidine rings is 1. The smallest absolute Gasteiger partial charge is 0.255 e. The molecule has 1 aliphatic heterocycles. The minimum Gasteiger partial charge on any atom is -0.325 e. The van der Waals surface area contributed by atoms with Crippen molar-refractivity contribution in [3.05, 3.63) is 59.1 Å². The first-order chi connectivity index (χ1) is 12.1. The number of amides is 2. The number of hydrogen-bond donors (Lipinski definition) is 3. The third kappa shape index (κ3) is 5.46. The fraction of sp³-hybridized carbons (Fsp3) is 0.263. The van der Waals surface area contributed by atoms with Gasteiger partial charge in [0, 0.05) is 22.0 Å². The van der Waals surface area contributed by atoms with E-state index in [9.17, 15) is 9.59 Å². The maximum absolute atomic E-state index is 12.2. The monoisotopic (exact) mass is 393 g/mol. The van der Waals surface area contributed by atoms with E-state index in [1.54, 1.807) is 48.5 Å². The van der Waals surface area contributed by atoms with Gasteiger partial charge in [-0.1, -0.05) is 18.0 Å². The van der Waals surface area contributed by atoms with Gasteiger partial charge in [-0.3, -0.25) is 9.59 Å². The van der Waals surface area contributed by atoms with Crippen LogP contribution in [0.5, 0.6) is 0 Å². The molecule has 1 fully saturated rings. The molecule has 0 spiro atoms. The van der Waals surface area contributed by atoms with Gasteiger partial charge in [0.25, 0.3) is 5.91 Å². The molecule has 0 bridgehead atoms. The molecule has 0 radical (unpaired) electrons. The molecule has 1 atom stereocenters. The molecule has 0 aliphatic carbocycles. The first-order valence-corrected chi connectivity index (χ1v) is 8.71. The van der Waals surface area contributed by atoms with E-state index in [0.717, 1.165) is 25.8 Å². The Hall–Kier alpha value is -2.08. The summed E-state index contributed by atoms with van der Waals surface area (Å²) < 4.78 is 0. The van der Waals surface area contributed by atoms with E-state index in [1.165, 1.54) is 0 Å². The first kappa shape index (κ1) is 20.2. The van der Waals surface area contributed by atoms with Crippen LogP contribution in [-0.4, -0.2) is 24.4 Å². The Balaban J connectivity index is 0.00000243. The molecule has 2 aromatic rings. The molecule has 5 nitrogen and oxygen atoms in total. The van der Waals surface area contributed by atoms with Crippen molar-refractivity contribution in [3.8, 4) is 0 Å². The van der Waals surface area contributed by atoms with Crippen molar-refractivity contribution in [2.45, 2.75) is 25.3 Å². The lowest BCUT2D eigenvalue weighted by atomic mass is 10.0. The van der Waals surface area contributed by atoms with Crippen LogP contribution in [0.25, 0.3) is 0 Å². The zero-order valence-electron chi connectivity index (χ0n) is 14.1. The van der Waals surface area contributed by atoms with Gasteiger partial charge in [0.2, 0.25) is 5.91 Å². The van der Waals surface area contributed by atoms with E-state index in [4.69, 9.17) is 11.6 Å². The van der Waals surface area contributed by atoms with Crippen LogP contribution >= 0.6 is 24.0 Å². The molecule has 0 saturated carbocycles. The summed E-state index contributed by atoms with van der Waals surface area (Å²) in [4.78, 5) is 24.4. The Morgan fingerprint density at radius 3 is 2.12 bits per heavy atom. The van der Waals surface area contributed by atoms with Crippen molar-refractivity contribution in [1.82, 2.24) is 5.32 Å².